The number of imidazole rings is 1. The molecular formula is C23H32IN5O. The number of rotatable bonds is 9. The first-order valence-electron chi connectivity index (χ1n) is 10.2. The van der Waals surface area contributed by atoms with Crippen LogP contribution in [-0.4, -0.2) is 35.7 Å². The SMILES string of the molecule is CCOCc1ccc(CNC(=NC)NCCCn2c(C)nc3ccccc32)cc1.I. The summed E-state index contributed by atoms with van der Waals surface area (Å²) in [5, 5.41) is 6.77. The highest BCUT2D eigenvalue weighted by molar-refractivity contribution is 14.0. The molecule has 30 heavy (non-hydrogen) atoms. The highest BCUT2D eigenvalue weighted by Gasteiger charge is 2.06. The number of hydrogen-bond donors (Lipinski definition) is 2. The molecule has 0 fully saturated rings. The van der Waals surface area contributed by atoms with Crippen molar-refractivity contribution in [1.29, 1.82) is 0 Å². The molecule has 1 heterocycles. The minimum atomic E-state index is 0. The molecule has 0 atom stereocenters. The molecule has 0 unspecified atom stereocenters. The Kier molecular flexibility index (Phi) is 10.1. The van der Waals surface area contributed by atoms with Crippen LogP contribution < -0.4 is 10.6 Å². The van der Waals surface area contributed by atoms with E-state index in [0.29, 0.717) is 6.61 Å². The molecule has 1 aromatic heterocycles. The summed E-state index contributed by atoms with van der Waals surface area (Å²) in [6.45, 7) is 7.99. The fourth-order valence-electron chi connectivity index (χ4n) is 3.30. The first-order chi connectivity index (χ1) is 14.2. The van der Waals surface area contributed by atoms with Gasteiger partial charge in [0.15, 0.2) is 5.96 Å². The van der Waals surface area contributed by atoms with Crippen molar-refractivity contribution in [3.05, 3.63) is 65.5 Å². The van der Waals surface area contributed by atoms with Crippen molar-refractivity contribution in [1.82, 2.24) is 20.2 Å². The second-order valence-electron chi connectivity index (χ2n) is 6.96. The molecule has 2 N–H and O–H groups in total. The fourth-order valence-corrected chi connectivity index (χ4v) is 3.30. The number of nitrogens with zero attached hydrogens (tertiary/aromatic N) is 3. The van der Waals surface area contributed by atoms with Gasteiger partial charge in [-0.25, -0.2) is 4.98 Å². The Morgan fingerprint density at radius 3 is 2.53 bits per heavy atom. The summed E-state index contributed by atoms with van der Waals surface area (Å²) in [7, 11) is 1.80. The molecule has 0 radical (unpaired) electrons. The van der Waals surface area contributed by atoms with Crippen LogP contribution >= 0.6 is 24.0 Å². The van der Waals surface area contributed by atoms with Crippen molar-refractivity contribution in [2.75, 3.05) is 20.2 Å². The quantitative estimate of drug-likeness (QED) is 0.191. The molecule has 0 saturated heterocycles. The normalized spacial score (nSPS) is 11.4. The number of aliphatic imine (C=N–C) groups is 1. The molecular weight excluding hydrogens is 489 g/mol. The molecule has 162 valence electrons. The van der Waals surface area contributed by atoms with Crippen molar-refractivity contribution in [2.24, 2.45) is 4.99 Å². The predicted octanol–water partition coefficient (Wildman–Crippen LogP) is 4.25. The van der Waals surface area contributed by atoms with Crippen molar-refractivity contribution < 1.29 is 4.74 Å². The summed E-state index contributed by atoms with van der Waals surface area (Å²) in [5.74, 6) is 1.87. The van der Waals surface area contributed by atoms with E-state index in [1.807, 2.05) is 13.0 Å². The molecule has 0 amide bonds. The molecule has 0 bridgehead atoms. The van der Waals surface area contributed by atoms with E-state index in [1.54, 1.807) is 7.05 Å². The van der Waals surface area contributed by atoms with Gasteiger partial charge < -0.3 is 19.9 Å². The largest absolute Gasteiger partial charge is 0.377 e. The number of ether oxygens (including phenoxy) is 1. The minimum absolute atomic E-state index is 0. The molecule has 3 rings (SSSR count). The van der Waals surface area contributed by atoms with Crippen molar-refractivity contribution >= 4 is 41.0 Å². The maximum absolute atomic E-state index is 5.44. The molecule has 2 aromatic carbocycles. The third-order valence-electron chi connectivity index (χ3n) is 4.88. The number of nitrogens with one attached hydrogen (secondary N) is 2. The topological polar surface area (TPSA) is 63.5 Å². The van der Waals surface area contributed by atoms with Gasteiger partial charge in [-0.1, -0.05) is 36.4 Å². The molecule has 0 aliphatic rings. The number of aryl methyl sites for hydroxylation is 2. The summed E-state index contributed by atoms with van der Waals surface area (Å²) in [6, 6.07) is 16.8. The summed E-state index contributed by atoms with van der Waals surface area (Å²) < 4.78 is 7.71. The summed E-state index contributed by atoms with van der Waals surface area (Å²) >= 11 is 0. The van der Waals surface area contributed by atoms with E-state index < -0.39 is 0 Å². The van der Waals surface area contributed by atoms with Crippen LogP contribution in [0.25, 0.3) is 11.0 Å². The second-order valence-corrected chi connectivity index (χ2v) is 6.96. The fraction of sp³-hybridized carbons (Fsp3) is 0.391. The van der Waals surface area contributed by atoms with Gasteiger partial charge in [-0.15, -0.1) is 24.0 Å². The van der Waals surface area contributed by atoms with Gasteiger partial charge in [0.1, 0.15) is 5.82 Å². The van der Waals surface area contributed by atoms with Crippen LogP contribution in [0.4, 0.5) is 0 Å². The Hall–Kier alpha value is -2.13. The third-order valence-corrected chi connectivity index (χ3v) is 4.88. The smallest absolute Gasteiger partial charge is 0.191 e. The Morgan fingerprint density at radius 1 is 1.07 bits per heavy atom. The standard InChI is InChI=1S/C23H31N5O.HI/c1-4-29-17-20-12-10-19(11-13-20)16-26-23(24-3)25-14-7-15-28-18(2)27-21-8-5-6-9-22(21)28;/h5-6,8-13H,4,7,14-17H2,1-3H3,(H2,24,25,26);1H. The first-order valence-corrected chi connectivity index (χ1v) is 10.2. The van der Waals surface area contributed by atoms with E-state index in [9.17, 15) is 0 Å². The van der Waals surface area contributed by atoms with Gasteiger partial charge in [0.25, 0.3) is 0 Å². The number of hydrogen-bond acceptors (Lipinski definition) is 3. The Morgan fingerprint density at radius 2 is 1.80 bits per heavy atom. The number of guanidine groups is 1. The van der Waals surface area contributed by atoms with Gasteiger partial charge in [0, 0.05) is 33.3 Å². The van der Waals surface area contributed by atoms with E-state index in [0.717, 1.165) is 50.0 Å². The van der Waals surface area contributed by atoms with E-state index in [2.05, 4.69) is 74.6 Å². The van der Waals surface area contributed by atoms with Gasteiger partial charge in [-0.05, 0) is 43.5 Å². The number of para-hydroxylation sites is 2. The van der Waals surface area contributed by atoms with Gasteiger partial charge in [0.05, 0.1) is 17.6 Å². The molecule has 0 aliphatic heterocycles. The van der Waals surface area contributed by atoms with Crippen LogP contribution in [0.2, 0.25) is 0 Å². The van der Waals surface area contributed by atoms with E-state index in [-0.39, 0.29) is 24.0 Å². The summed E-state index contributed by atoms with van der Waals surface area (Å²) in [5.41, 5.74) is 4.66. The van der Waals surface area contributed by atoms with Crippen LogP contribution in [0.3, 0.4) is 0 Å². The minimum Gasteiger partial charge on any atom is -0.377 e. The van der Waals surface area contributed by atoms with Gasteiger partial charge in [0.2, 0.25) is 0 Å². The van der Waals surface area contributed by atoms with Crippen molar-refractivity contribution in [3.8, 4) is 0 Å². The van der Waals surface area contributed by atoms with Gasteiger partial charge in [-0.3, -0.25) is 4.99 Å². The number of aromatic nitrogens is 2. The molecule has 0 aliphatic carbocycles. The Labute approximate surface area is 196 Å². The highest BCUT2D eigenvalue weighted by Crippen LogP contribution is 2.15. The predicted molar refractivity (Wildman–Crippen MR) is 134 cm³/mol. The molecule has 7 heteroatoms. The van der Waals surface area contributed by atoms with Gasteiger partial charge in [-0.2, -0.15) is 0 Å². The maximum atomic E-state index is 5.44. The monoisotopic (exact) mass is 521 g/mol. The summed E-state index contributed by atoms with van der Waals surface area (Å²) in [4.78, 5) is 8.95. The van der Waals surface area contributed by atoms with Crippen molar-refractivity contribution in [3.63, 3.8) is 0 Å². The Bertz CT molecular complexity index is 936. The zero-order chi connectivity index (χ0) is 20.5. The summed E-state index contributed by atoms with van der Waals surface area (Å²) in [6.07, 6.45) is 0.994. The lowest BCUT2D eigenvalue weighted by Gasteiger charge is -2.13. The zero-order valence-electron chi connectivity index (χ0n) is 18.0. The van der Waals surface area contributed by atoms with Crippen LogP contribution in [0.5, 0.6) is 0 Å². The number of benzene rings is 2. The van der Waals surface area contributed by atoms with Crippen LogP contribution in [0.1, 0.15) is 30.3 Å². The van der Waals surface area contributed by atoms with Gasteiger partial charge >= 0.3 is 0 Å². The molecule has 6 nitrogen and oxygen atoms in total. The average Bonchev–Trinajstić information content (AvgIpc) is 3.07. The van der Waals surface area contributed by atoms with Crippen molar-refractivity contribution in [2.45, 2.75) is 40.0 Å². The van der Waals surface area contributed by atoms with E-state index in [1.165, 1.54) is 16.6 Å². The lowest BCUT2D eigenvalue weighted by molar-refractivity contribution is 0.134. The number of halogens is 1. The third kappa shape index (κ3) is 6.70. The first kappa shape index (κ1) is 24.1. The molecule has 3 aromatic rings. The lowest BCUT2D eigenvalue weighted by Crippen LogP contribution is -2.37. The van der Waals surface area contributed by atoms with Crippen LogP contribution in [-0.2, 0) is 24.4 Å². The van der Waals surface area contributed by atoms with E-state index in [4.69, 9.17) is 4.74 Å². The highest BCUT2D eigenvalue weighted by atomic mass is 127. The lowest BCUT2D eigenvalue weighted by atomic mass is 10.1. The van der Waals surface area contributed by atoms with Crippen LogP contribution in [0, 0.1) is 6.92 Å². The average molecular weight is 521 g/mol. The zero-order valence-corrected chi connectivity index (χ0v) is 20.3. The number of fused-ring (bicyclic) bond motifs is 1. The van der Waals surface area contributed by atoms with Crippen LogP contribution in [0.15, 0.2) is 53.5 Å². The van der Waals surface area contributed by atoms with E-state index >= 15 is 0 Å². The molecule has 0 saturated carbocycles. The maximum Gasteiger partial charge on any atom is 0.191 e. The molecule has 0 spiro atoms. The second kappa shape index (κ2) is 12.5. The Balaban J connectivity index is 0.00000320.